The molecule has 0 heterocycles. The highest BCUT2D eigenvalue weighted by molar-refractivity contribution is 5.87. The molecule has 0 spiro atoms. The molecule has 22 heavy (non-hydrogen) atoms. The van der Waals surface area contributed by atoms with Crippen molar-refractivity contribution in [3.05, 3.63) is 42.0 Å². The maximum atomic E-state index is 11.7. The molecule has 4 nitrogen and oxygen atoms in total. The Morgan fingerprint density at radius 1 is 1.23 bits per heavy atom. The summed E-state index contributed by atoms with van der Waals surface area (Å²) in [7, 11) is 1.64. The van der Waals surface area contributed by atoms with Crippen molar-refractivity contribution in [3.8, 4) is 5.75 Å². The summed E-state index contributed by atoms with van der Waals surface area (Å²) < 4.78 is 16.0. The van der Waals surface area contributed by atoms with Crippen molar-refractivity contribution >= 4 is 5.97 Å². The average Bonchev–Trinajstić information content (AvgIpc) is 2.51. The Balaban J connectivity index is 2.56. The Kier molecular flexibility index (Phi) is 7.67. The molecular formula is C18H26O4. The number of hydrogen-bond donors (Lipinski definition) is 0. The molecule has 1 rings (SSSR count). The van der Waals surface area contributed by atoms with Crippen LogP contribution in [0.4, 0.5) is 0 Å². The number of methoxy groups -OCH3 is 1. The van der Waals surface area contributed by atoms with Gasteiger partial charge >= 0.3 is 5.97 Å². The van der Waals surface area contributed by atoms with Crippen LogP contribution in [0.1, 0.15) is 32.8 Å². The Labute approximate surface area is 133 Å². The van der Waals surface area contributed by atoms with Gasteiger partial charge in [-0.05, 0) is 30.5 Å². The normalized spacial score (nSPS) is 12.0. The summed E-state index contributed by atoms with van der Waals surface area (Å²) in [6.45, 7) is 10.6. The van der Waals surface area contributed by atoms with Crippen LogP contribution in [-0.4, -0.2) is 25.8 Å². The summed E-state index contributed by atoms with van der Waals surface area (Å²) in [6.07, 6.45) is 0.408. The molecule has 0 bridgehead atoms. The van der Waals surface area contributed by atoms with Crippen molar-refractivity contribution < 1.29 is 19.0 Å². The molecule has 0 aliphatic carbocycles. The van der Waals surface area contributed by atoms with Crippen LogP contribution in [0.2, 0.25) is 0 Å². The van der Waals surface area contributed by atoms with Gasteiger partial charge in [0.1, 0.15) is 5.75 Å². The molecule has 1 unspecified atom stereocenters. The Morgan fingerprint density at radius 3 is 2.36 bits per heavy atom. The van der Waals surface area contributed by atoms with Gasteiger partial charge in [-0.1, -0.05) is 32.6 Å². The van der Waals surface area contributed by atoms with E-state index >= 15 is 0 Å². The van der Waals surface area contributed by atoms with E-state index in [0.29, 0.717) is 25.2 Å². The lowest BCUT2D eigenvalue weighted by Gasteiger charge is -2.22. The first-order valence-corrected chi connectivity index (χ1v) is 7.57. The summed E-state index contributed by atoms with van der Waals surface area (Å²) >= 11 is 0. The van der Waals surface area contributed by atoms with Gasteiger partial charge in [0.2, 0.25) is 0 Å². The summed E-state index contributed by atoms with van der Waals surface area (Å²) in [5.74, 6) is 0.755. The second-order valence-electron chi connectivity index (χ2n) is 5.47. The molecule has 1 atom stereocenters. The van der Waals surface area contributed by atoms with E-state index in [1.54, 1.807) is 14.0 Å². The zero-order valence-corrected chi connectivity index (χ0v) is 13.9. The SMILES string of the molecule is C=C(CC(OCc1ccc(OC)cc1)C(C)C)C(=O)OCC. The zero-order chi connectivity index (χ0) is 16.5. The first-order valence-electron chi connectivity index (χ1n) is 7.57. The van der Waals surface area contributed by atoms with Gasteiger partial charge in [-0.15, -0.1) is 0 Å². The number of carbonyl (C=O) groups is 1. The van der Waals surface area contributed by atoms with Gasteiger partial charge in [-0.25, -0.2) is 4.79 Å². The van der Waals surface area contributed by atoms with Crippen molar-refractivity contribution in [1.82, 2.24) is 0 Å². The molecule has 0 N–H and O–H groups in total. The van der Waals surface area contributed by atoms with E-state index in [0.717, 1.165) is 11.3 Å². The van der Waals surface area contributed by atoms with Crippen molar-refractivity contribution in [2.75, 3.05) is 13.7 Å². The number of hydrogen-bond acceptors (Lipinski definition) is 4. The summed E-state index contributed by atoms with van der Waals surface area (Å²) in [6, 6.07) is 7.74. The van der Waals surface area contributed by atoms with Crippen LogP contribution in [0.3, 0.4) is 0 Å². The molecule has 0 radical (unpaired) electrons. The predicted molar refractivity (Wildman–Crippen MR) is 86.8 cm³/mol. The standard InChI is InChI=1S/C18H26O4/c1-6-21-18(19)14(4)11-17(13(2)3)22-12-15-7-9-16(20-5)10-8-15/h7-10,13,17H,4,6,11-12H2,1-3,5H3. The van der Waals surface area contributed by atoms with Gasteiger partial charge < -0.3 is 14.2 Å². The minimum Gasteiger partial charge on any atom is -0.497 e. The Hall–Kier alpha value is -1.81. The number of carbonyl (C=O) groups excluding carboxylic acids is 1. The fourth-order valence-corrected chi connectivity index (χ4v) is 1.97. The number of benzene rings is 1. The molecule has 0 saturated heterocycles. The number of esters is 1. The molecule has 4 heteroatoms. The van der Waals surface area contributed by atoms with Crippen LogP contribution in [-0.2, 0) is 20.9 Å². The smallest absolute Gasteiger partial charge is 0.333 e. The van der Waals surface area contributed by atoms with Crippen molar-refractivity contribution in [1.29, 1.82) is 0 Å². The molecule has 0 aliphatic rings. The third kappa shape index (κ3) is 5.90. The van der Waals surface area contributed by atoms with E-state index in [-0.39, 0.29) is 18.0 Å². The highest BCUT2D eigenvalue weighted by Crippen LogP contribution is 2.19. The van der Waals surface area contributed by atoms with E-state index in [4.69, 9.17) is 14.2 Å². The van der Waals surface area contributed by atoms with Gasteiger partial charge in [0.05, 0.1) is 26.4 Å². The molecule has 122 valence electrons. The lowest BCUT2D eigenvalue weighted by atomic mass is 10.00. The fraction of sp³-hybridized carbons (Fsp3) is 0.500. The minimum absolute atomic E-state index is 0.0704. The topological polar surface area (TPSA) is 44.8 Å². The quantitative estimate of drug-likeness (QED) is 0.515. The van der Waals surface area contributed by atoms with E-state index < -0.39 is 0 Å². The van der Waals surface area contributed by atoms with Crippen molar-refractivity contribution in [2.45, 2.75) is 39.9 Å². The summed E-state index contributed by atoms with van der Waals surface area (Å²) in [5.41, 5.74) is 1.52. The highest BCUT2D eigenvalue weighted by Gasteiger charge is 2.19. The molecule has 1 aromatic rings. The lowest BCUT2D eigenvalue weighted by Crippen LogP contribution is -2.23. The molecule has 0 aromatic heterocycles. The maximum absolute atomic E-state index is 11.7. The van der Waals surface area contributed by atoms with Crippen molar-refractivity contribution in [2.24, 2.45) is 5.92 Å². The average molecular weight is 306 g/mol. The second-order valence-corrected chi connectivity index (χ2v) is 5.47. The van der Waals surface area contributed by atoms with Crippen LogP contribution in [0.25, 0.3) is 0 Å². The maximum Gasteiger partial charge on any atom is 0.333 e. The number of ether oxygens (including phenoxy) is 3. The Morgan fingerprint density at radius 2 is 1.86 bits per heavy atom. The van der Waals surface area contributed by atoms with Crippen LogP contribution >= 0.6 is 0 Å². The highest BCUT2D eigenvalue weighted by atomic mass is 16.5. The summed E-state index contributed by atoms with van der Waals surface area (Å²) in [4.78, 5) is 11.7. The predicted octanol–water partition coefficient (Wildman–Crippen LogP) is 3.75. The second kappa shape index (κ2) is 9.26. The van der Waals surface area contributed by atoms with Gasteiger partial charge in [0.15, 0.2) is 0 Å². The third-order valence-electron chi connectivity index (χ3n) is 3.38. The molecule has 0 fully saturated rings. The van der Waals surface area contributed by atoms with Crippen LogP contribution in [0.15, 0.2) is 36.4 Å². The van der Waals surface area contributed by atoms with Gasteiger partial charge in [0.25, 0.3) is 0 Å². The zero-order valence-electron chi connectivity index (χ0n) is 13.9. The minimum atomic E-state index is -0.346. The van der Waals surface area contributed by atoms with Crippen molar-refractivity contribution in [3.63, 3.8) is 0 Å². The van der Waals surface area contributed by atoms with Gasteiger partial charge in [-0.3, -0.25) is 0 Å². The van der Waals surface area contributed by atoms with E-state index in [9.17, 15) is 4.79 Å². The third-order valence-corrected chi connectivity index (χ3v) is 3.38. The van der Waals surface area contributed by atoms with E-state index in [1.807, 2.05) is 24.3 Å². The van der Waals surface area contributed by atoms with Crippen LogP contribution < -0.4 is 4.74 Å². The molecule has 0 amide bonds. The van der Waals surface area contributed by atoms with Crippen LogP contribution in [0.5, 0.6) is 5.75 Å². The molecule has 1 aromatic carbocycles. The van der Waals surface area contributed by atoms with E-state index in [1.165, 1.54) is 0 Å². The fourth-order valence-electron chi connectivity index (χ4n) is 1.97. The van der Waals surface area contributed by atoms with Gasteiger partial charge in [-0.2, -0.15) is 0 Å². The molecular weight excluding hydrogens is 280 g/mol. The van der Waals surface area contributed by atoms with Crippen LogP contribution in [0, 0.1) is 5.92 Å². The summed E-state index contributed by atoms with van der Waals surface area (Å²) in [5, 5.41) is 0. The Bertz CT molecular complexity index is 476. The largest absolute Gasteiger partial charge is 0.497 e. The monoisotopic (exact) mass is 306 g/mol. The number of rotatable bonds is 9. The van der Waals surface area contributed by atoms with E-state index in [2.05, 4.69) is 20.4 Å². The molecule has 0 aliphatic heterocycles. The first-order chi connectivity index (χ1) is 10.5. The molecule has 0 saturated carbocycles. The lowest BCUT2D eigenvalue weighted by molar-refractivity contribution is -0.139. The first kappa shape index (κ1) is 18.2. The van der Waals surface area contributed by atoms with Gasteiger partial charge in [0, 0.05) is 12.0 Å².